The predicted molar refractivity (Wildman–Crippen MR) is 84.0 cm³/mol. The van der Waals surface area contributed by atoms with Crippen LogP contribution in [-0.4, -0.2) is 28.3 Å². The van der Waals surface area contributed by atoms with Gasteiger partial charge in [0.2, 0.25) is 5.82 Å². The largest absolute Gasteiger partial charge is 0.496 e. The van der Waals surface area contributed by atoms with Crippen molar-refractivity contribution in [3.05, 3.63) is 60.0 Å². The standard InChI is InChI=1S/C17H14N2O5/c1-22-14-5-3-2-4-13(14)16-18-15(24-19-16)10-23-12-8-6-11(7-9-12)17(20)21/h2-9H,10H2,1H3,(H,20,21). The number of para-hydroxylation sites is 1. The zero-order valence-electron chi connectivity index (χ0n) is 12.8. The van der Waals surface area contributed by atoms with E-state index in [2.05, 4.69) is 10.1 Å². The highest BCUT2D eigenvalue weighted by molar-refractivity contribution is 5.87. The van der Waals surface area contributed by atoms with E-state index in [0.717, 1.165) is 5.56 Å². The Hall–Kier alpha value is -3.35. The van der Waals surface area contributed by atoms with Crippen molar-refractivity contribution in [1.82, 2.24) is 10.1 Å². The van der Waals surface area contributed by atoms with Crippen LogP contribution >= 0.6 is 0 Å². The smallest absolute Gasteiger partial charge is 0.335 e. The van der Waals surface area contributed by atoms with Gasteiger partial charge in [-0.1, -0.05) is 17.3 Å². The average Bonchev–Trinajstić information content (AvgIpc) is 3.09. The molecule has 0 unspecified atom stereocenters. The molecule has 0 saturated heterocycles. The van der Waals surface area contributed by atoms with E-state index in [-0.39, 0.29) is 12.2 Å². The Morgan fingerprint density at radius 2 is 1.92 bits per heavy atom. The molecular weight excluding hydrogens is 312 g/mol. The zero-order valence-corrected chi connectivity index (χ0v) is 12.8. The van der Waals surface area contributed by atoms with Gasteiger partial charge in [-0.25, -0.2) is 4.79 Å². The van der Waals surface area contributed by atoms with Crippen LogP contribution in [0.2, 0.25) is 0 Å². The number of carbonyl (C=O) groups is 1. The van der Waals surface area contributed by atoms with E-state index >= 15 is 0 Å². The maximum Gasteiger partial charge on any atom is 0.335 e. The molecule has 0 saturated carbocycles. The Labute approximate surface area is 137 Å². The molecule has 1 heterocycles. The Bertz CT molecular complexity index is 842. The first-order valence-electron chi connectivity index (χ1n) is 7.09. The fourth-order valence-electron chi connectivity index (χ4n) is 2.09. The van der Waals surface area contributed by atoms with Crippen molar-refractivity contribution in [2.45, 2.75) is 6.61 Å². The molecule has 0 aliphatic heterocycles. The maximum absolute atomic E-state index is 10.8. The van der Waals surface area contributed by atoms with Crippen LogP contribution in [0, 0.1) is 0 Å². The van der Waals surface area contributed by atoms with Gasteiger partial charge in [-0.15, -0.1) is 0 Å². The van der Waals surface area contributed by atoms with E-state index < -0.39 is 5.97 Å². The van der Waals surface area contributed by atoms with Crippen LogP contribution in [0.5, 0.6) is 11.5 Å². The first-order valence-corrected chi connectivity index (χ1v) is 7.09. The fraction of sp³-hybridized carbons (Fsp3) is 0.118. The van der Waals surface area contributed by atoms with Crippen molar-refractivity contribution in [2.75, 3.05) is 7.11 Å². The van der Waals surface area contributed by atoms with Crippen molar-refractivity contribution >= 4 is 5.97 Å². The van der Waals surface area contributed by atoms with Crippen molar-refractivity contribution < 1.29 is 23.9 Å². The van der Waals surface area contributed by atoms with Crippen LogP contribution in [0.3, 0.4) is 0 Å². The third kappa shape index (κ3) is 3.35. The summed E-state index contributed by atoms with van der Waals surface area (Å²) in [7, 11) is 1.57. The summed E-state index contributed by atoms with van der Waals surface area (Å²) < 4.78 is 15.9. The molecule has 7 nitrogen and oxygen atoms in total. The number of carboxylic acid groups (broad SMARTS) is 1. The van der Waals surface area contributed by atoms with E-state index in [1.165, 1.54) is 12.1 Å². The number of benzene rings is 2. The van der Waals surface area contributed by atoms with Crippen molar-refractivity contribution in [3.8, 4) is 22.9 Å². The van der Waals surface area contributed by atoms with Crippen LogP contribution in [0.15, 0.2) is 53.1 Å². The van der Waals surface area contributed by atoms with Gasteiger partial charge >= 0.3 is 5.97 Å². The number of methoxy groups -OCH3 is 1. The average molecular weight is 326 g/mol. The van der Waals surface area contributed by atoms with Gasteiger partial charge < -0.3 is 19.1 Å². The number of hydrogen-bond donors (Lipinski definition) is 1. The molecule has 0 amide bonds. The molecule has 1 N–H and O–H groups in total. The highest BCUT2D eigenvalue weighted by Crippen LogP contribution is 2.27. The van der Waals surface area contributed by atoms with E-state index in [9.17, 15) is 4.79 Å². The number of aromatic carboxylic acids is 1. The maximum atomic E-state index is 10.8. The molecule has 3 aromatic rings. The minimum Gasteiger partial charge on any atom is -0.496 e. The molecule has 122 valence electrons. The first-order chi connectivity index (χ1) is 11.7. The minimum atomic E-state index is -0.986. The van der Waals surface area contributed by atoms with Crippen LogP contribution in [-0.2, 0) is 6.61 Å². The summed E-state index contributed by atoms with van der Waals surface area (Å²) in [5, 5.41) is 12.8. The number of hydrogen-bond acceptors (Lipinski definition) is 6. The number of ether oxygens (including phenoxy) is 2. The molecule has 0 aliphatic carbocycles. The topological polar surface area (TPSA) is 94.7 Å². The Morgan fingerprint density at radius 3 is 2.62 bits per heavy atom. The summed E-state index contributed by atoms with van der Waals surface area (Å²) >= 11 is 0. The van der Waals surface area contributed by atoms with Crippen molar-refractivity contribution in [2.24, 2.45) is 0 Å². The van der Waals surface area contributed by atoms with Gasteiger partial charge in [-0.3, -0.25) is 0 Å². The molecule has 0 radical (unpaired) electrons. The first kappa shape index (κ1) is 15.5. The second-order valence-electron chi connectivity index (χ2n) is 4.83. The van der Waals surface area contributed by atoms with E-state index in [1.807, 2.05) is 24.3 Å². The highest BCUT2D eigenvalue weighted by atomic mass is 16.5. The molecule has 0 bridgehead atoms. The number of nitrogens with zero attached hydrogens (tertiary/aromatic N) is 2. The number of carboxylic acids is 1. The molecule has 3 rings (SSSR count). The summed E-state index contributed by atoms with van der Waals surface area (Å²) in [6.07, 6.45) is 0. The van der Waals surface area contributed by atoms with Crippen LogP contribution in [0.4, 0.5) is 0 Å². The minimum absolute atomic E-state index is 0.0779. The lowest BCUT2D eigenvalue weighted by Crippen LogP contribution is -1.98. The molecule has 0 atom stereocenters. The molecule has 0 aliphatic rings. The molecule has 0 fully saturated rings. The SMILES string of the molecule is COc1ccccc1-c1noc(COc2ccc(C(=O)O)cc2)n1. The van der Waals surface area contributed by atoms with Gasteiger partial charge in [0.25, 0.3) is 5.89 Å². The summed E-state index contributed by atoms with van der Waals surface area (Å²) in [4.78, 5) is 15.1. The third-order valence-corrected chi connectivity index (χ3v) is 3.28. The van der Waals surface area contributed by atoms with Crippen molar-refractivity contribution in [1.29, 1.82) is 0 Å². The Morgan fingerprint density at radius 1 is 1.17 bits per heavy atom. The Kier molecular flexibility index (Phi) is 4.42. The third-order valence-electron chi connectivity index (χ3n) is 3.28. The molecule has 2 aromatic carbocycles. The molecule has 24 heavy (non-hydrogen) atoms. The lowest BCUT2D eigenvalue weighted by atomic mass is 10.2. The van der Waals surface area contributed by atoms with Crippen LogP contribution in [0.1, 0.15) is 16.2 Å². The van der Waals surface area contributed by atoms with Crippen LogP contribution < -0.4 is 9.47 Å². The molecule has 7 heteroatoms. The molecule has 1 aromatic heterocycles. The van der Waals surface area contributed by atoms with E-state index in [4.69, 9.17) is 19.1 Å². The number of aromatic nitrogens is 2. The quantitative estimate of drug-likeness (QED) is 0.744. The summed E-state index contributed by atoms with van der Waals surface area (Å²) in [5.41, 5.74) is 0.916. The van der Waals surface area contributed by atoms with Gasteiger partial charge in [-0.2, -0.15) is 4.98 Å². The second kappa shape index (κ2) is 6.82. The second-order valence-corrected chi connectivity index (χ2v) is 4.83. The summed E-state index contributed by atoms with van der Waals surface area (Å²) in [6.45, 7) is 0.0779. The summed E-state index contributed by atoms with van der Waals surface area (Å²) in [6, 6.07) is 13.4. The van der Waals surface area contributed by atoms with Gasteiger partial charge in [0.1, 0.15) is 11.5 Å². The predicted octanol–water partition coefficient (Wildman–Crippen LogP) is 3.02. The van der Waals surface area contributed by atoms with Crippen LogP contribution in [0.25, 0.3) is 11.4 Å². The lowest BCUT2D eigenvalue weighted by molar-refractivity contribution is 0.0697. The highest BCUT2D eigenvalue weighted by Gasteiger charge is 2.13. The zero-order chi connectivity index (χ0) is 16.9. The van der Waals surface area contributed by atoms with Crippen molar-refractivity contribution in [3.63, 3.8) is 0 Å². The van der Waals surface area contributed by atoms with Gasteiger partial charge in [0, 0.05) is 0 Å². The lowest BCUT2D eigenvalue weighted by Gasteiger charge is -2.03. The molecular formula is C17H14N2O5. The van der Waals surface area contributed by atoms with E-state index in [0.29, 0.717) is 23.2 Å². The number of rotatable bonds is 6. The van der Waals surface area contributed by atoms with Gasteiger partial charge in [-0.05, 0) is 36.4 Å². The molecule has 0 spiro atoms. The monoisotopic (exact) mass is 326 g/mol. The normalized spacial score (nSPS) is 10.4. The van der Waals surface area contributed by atoms with Gasteiger partial charge in [0.15, 0.2) is 6.61 Å². The fourth-order valence-corrected chi connectivity index (χ4v) is 2.09. The van der Waals surface area contributed by atoms with E-state index in [1.54, 1.807) is 19.2 Å². The van der Waals surface area contributed by atoms with Gasteiger partial charge in [0.05, 0.1) is 18.2 Å². The summed E-state index contributed by atoms with van der Waals surface area (Å²) in [5.74, 6) is 0.887. The Balaban J connectivity index is 1.69.